The molecule has 2 aliphatic heterocycles. The van der Waals surface area contributed by atoms with E-state index >= 15 is 9.59 Å². The first-order valence-electron chi connectivity index (χ1n) is 35.4. The van der Waals surface area contributed by atoms with Crippen LogP contribution in [0.2, 0.25) is 0 Å². The fraction of sp³-hybridized carbons (Fsp3) is 0.269. The molecular formula is C78H83N13O21. The van der Waals surface area contributed by atoms with E-state index in [1.54, 1.807) is 206 Å². The fourth-order valence-electron chi connectivity index (χ4n) is 12.3. The van der Waals surface area contributed by atoms with Gasteiger partial charge < -0.3 is 85.1 Å². The molecule has 9 amide bonds. The zero-order valence-electron chi connectivity index (χ0n) is 59.7. The Morgan fingerprint density at radius 3 is 1.03 bits per heavy atom. The lowest BCUT2D eigenvalue weighted by Gasteiger charge is -2.50. The molecule has 0 spiro atoms. The van der Waals surface area contributed by atoms with Crippen LogP contribution in [0.5, 0.6) is 0 Å². The molecule has 1 aliphatic carbocycles. The summed E-state index contributed by atoms with van der Waals surface area (Å²) in [6.07, 6.45) is -34.9. The van der Waals surface area contributed by atoms with Crippen molar-refractivity contribution in [1.29, 1.82) is 0 Å². The Bertz CT molecular complexity index is 4380. The lowest BCUT2D eigenvalue weighted by molar-refractivity contribution is -0.329. The van der Waals surface area contributed by atoms with Crippen molar-refractivity contribution in [3.8, 4) is 0 Å². The van der Waals surface area contributed by atoms with E-state index in [1.807, 2.05) is 0 Å². The molecule has 2 saturated heterocycles. The van der Waals surface area contributed by atoms with Crippen LogP contribution in [-0.4, -0.2) is 172 Å². The van der Waals surface area contributed by atoms with Gasteiger partial charge in [0.2, 0.25) is 0 Å². The van der Waals surface area contributed by atoms with Crippen LogP contribution in [0.1, 0.15) is 12.8 Å². The second-order valence-corrected chi connectivity index (χ2v) is 25.3. The number of hydrogen-bond donors (Lipinski definition) is 13. The molecule has 8 aromatic rings. The number of benzene rings is 8. The Kier molecular flexibility index (Phi) is 28.6. The number of ether oxygens (including phenoxy) is 12. The number of amides is 9. The second-order valence-electron chi connectivity index (χ2n) is 25.3. The largest absolute Gasteiger partial charge is 0.446 e. The number of carbonyl (C=O) groups is 9. The monoisotopic (exact) mass is 1540 g/mol. The SMILES string of the molecule is NCCC(OC(=O)Nc1ccccc1)C(=O)N[C@@H]1C[C@H](N)[C@@H](O[C@@H]2O[C@@H](CN)[C@H](OC(=O)Nc3ccccc3)[C@@H](OC(=O)Nc3ccccc3)[C@@H]2OC(=O)Nc2ccccc2)[C@H](OC(=O)Nc2ccccc2)[C@H]1O[C@H]1O[C@H](COC(=O)Nc2ccccc2)[C@@H](OC(=O)Nc2ccccc2)[C@H](N)[C@H]1OC(=O)Nc1ccccc1. The highest BCUT2D eigenvalue weighted by Crippen LogP contribution is 2.38. The van der Waals surface area contributed by atoms with Gasteiger partial charge in [-0.15, -0.1) is 0 Å². The van der Waals surface area contributed by atoms with Crippen LogP contribution < -0.4 is 70.8 Å². The van der Waals surface area contributed by atoms with Gasteiger partial charge in [-0.3, -0.25) is 47.3 Å². The maximum Gasteiger partial charge on any atom is 0.412 e. The van der Waals surface area contributed by atoms with Crippen molar-refractivity contribution in [1.82, 2.24) is 5.32 Å². The Morgan fingerprint density at radius 1 is 0.348 bits per heavy atom. The third-order valence-corrected chi connectivity index (χ3v) is 17.4. The van der Waals surface area contributed by atoms with Crippen molar-refractivity contribution in [2.75, 3.05) is 62.2 Å². The first-order valence-corrected chi connectivity index (χ1v) is 35.4. The molecular weight excluding hydrogens is 1450 g/mol. The average molecular weight is 1540 g/mol. The third-order valence-electron chi connectivity index (χ3n) is 17.4. The van der Waals surface area contributed by atoms with E-state index in [1.165, 1.54) is 36.4 Å². The van der Waals surface area contributed by atoms with Gasteiger partial charge in [0, 0.05) is 64.5 Å². The zero-order valence-corrected chi connectivity index (χ0v) is 59.7. The van der Waals surface area contributed by atoms with Crippen molar-refractivity contribution in [3.63, 3.8) is 0 Å². The summed E-state index contributed by atoms with van der Waals surface area (Å²) in [6.45, 7) is -1.61. The molecule has 586 valence electrons. The lowest BCUT2D eigenvalue weighted by Crippen LogP contribution is -2.71. The Labute approximate surface area is 641 Å². The molecule has 0 aromatic heterocycles. The van der Waals surface area contributed by atoms with Crippen LogP contribution in [0.3, 0.4) is 0 Å². The number of nitrogens with one attached hydrogen (secondary N) is 9. The highest BCUT2D eigenvalue weighted by atomic mass is 16.8. The average Bonchev–Trinajstić information content (AvgIpc) is 0.762. The van der Waals surface area contributed by atoms with E-state index in [-0.39, 0.29) is 47.1 Å². The van der Waals surface area contributed by atoms with E-state index < -0.39 is 172 Å². The van der Waals surface area contributed by atoms with Gasteiger partial charge in [-0.2, -0.15) is 0 Å². The van der Waals surface area contributed by atoms with E-state index in [9.17, 15) is 33.6 Å². The highest BCUT2D eigenvalue weighted by Gasteiger charge is 2.59. The van der Waals surface area contributed by atoms with Gasteiger partial charge in [0.1, 0.15) is 31.0 Å². The molecule has 3 fully saturated rings. The van der Waals surface area contributed by atoms with Gasteiger partial charge in [0.05, 0.1) is 12.1 Å². The summed E-state index contributed by atoms with van der Waals surface area (Å²) >= 11 is 0. The smallest absolute Gasteiger partial charge is 0.412 e. The third kappa shape index (κ3) is 23.1. The summed E-state index contributed by atoms with van der Waals surface area (Å²) in [4.78, 5) is 130. The Balaban J connectivity index is 1.03. The molecule has 112 heavy (non-hydrogen) atoms. The van der Waals surface area contributed by atoms with Gasteiger partial charge in [-0.05, 0) is 110 Å². The molecule has 8 aromatic carbocycles. The molecule has 16 atom stereocenters. The number of nitrogens with two attached hydrogens (primary N) is 4. The van der Waals surface area contributed by atoms with Gasteiger partial charge in [-0.1, -0.05) is 146 Å². The van der Waals surface area contributed by atoms with Crippen LogP contribution in [0.4, 0.5) is 83.9 Å². The van der Waals surface area contributed by atoms with E-state index in [0.717, 1.165) is 0 Å². The molecule has 1 unspecified atom stereocenters. The Morgan fingerprint density at radius 2 is 0.652 bits per heavy atom. The van der Waals surface area contributed by atoms with Crippen molar-refractivity contribution >= 4 is 100 Å². The van der Waals surface area contributed by atoms with Gasteiger partial charge >= 0.3 is 48.7 Å². The first kappa shape index (κ1) is 80.1. The zero-order chi connectivity index (χ0) is 78.7. The summed E-state index contributed by atoms with van der Waals surface area (Å²) < 4.78 is 76.3. The van der Waals surface area contributed by atoms with E-state index in [2.05, 4.69) is 47.9 Å². The number of para-hydroxylation sites is 8. The molecule has 17 N–H and O–H groups in total. The van der Waals surface area contributed by atoms with Crippen LogP contribution >= 0.6 is 0 Å². The van der Waals surface area contributed by atoms with Gasteiger partial charge in [0.25, 0.3) is 5.91 Å². The first-order chi connectivity index (χ1) is 54.4. The van der Waals surface area contributed by atoms with Gasteiger partial charge in [-0.25, -0.2) is 38.4 Å². The van der Waals surface area contributed by atoms with Crippen LogP contribution in [0.25, 0.3) is 0 Å². The van der Waals surface area contributed by atoms with Crippen LogP contribution in [0, 0.1) is 0 Å². The number of carbonyl (C=O) groups excluding carboxylic acids is 9. The van der Waals surface area contributed by atoms with Crippen molar-refractivity contribution in [2.45, 2.75) is 111 Å². The highest BCUT2D eigenvalue weighted by molar-refractivity contribution is 5.91. The maximum atomic E-state index is 15.2. The predicted molar refractivity (Wildman–Crippen MR) is 406 cm³/mol. The van der Waals surface area contributed by atoms with Crippen molar-refractivity contribution in [2.24, 2.45) is 22.9 Å². The molecule has 1 saturated carbocycles. The summed E-state index contributed by atoms with van der Waals surface area (Å²) in [5, 5.41) is 23.7. The molecule has 3 aliphatic rings. The topological polar surface area (TPSA) is 477 Å². The normalized spacial score (nSPS) is 23.3. The fourth-order valence-corrected chi connectivity index (χ4v) is 12.3. The van der Waals surface area contributed by atoms with E-state index in [4.69, 9.17) is 79.8 Å². The number of rotatable bonds is 26. The predicted octanol–water partition coefficient (Wildman–Crippen LogP) is 9.63. The molecule has 34 nitrogen and oxygen atoms in total. The second kappa shape index (κ2) is 40.0. The molecule has 0 radical (unpaired) electrons. The maximum absolute atomic E-state index is 15.2. The quantitative estimate of drug-likeness (QED) is 0.0224. The summed E-state index contributed by atoms with van der Waals surface area (Å²) in [5.41, 5.74) is 29.2. The minimum Gasteiger partial charge on any atom is -0.446 e. The minimum atomic E-state index is -2.14. The van der Waals surface area contributed by atoms with Crippen molar-refractivity contribution in [3.05, 3.63) is 243 Å². The van der Waals surface area contributed by atoms with Gasteiger partial charge in [0.15, 0.2) is 55.3 Å². The van der Waals surface area contributed by atoms with Crippen LogP contribution in [-0.2, 0) is 61.6 Å². The minimum absolute atomic E-state index is 0.166. The lowest BCUT2D eigenvalue weighted by atomic mass is 9.83. The number of hydrogen-bond acceptors (Lipinski definition) is 25. The molecule has 11 rings (SSSR count). The van der Waals surface area contributed by atoms with Crippen LogP contribution in [0.15, 0.2) is 243 Å². The standard InChI is InChI=1S/C78H83N13O21/c79-42-41-56(104-72(94)84-47-27-11-2-12-28-47)68(92)91-55-43-54(81)60(105-70-67(112-78(100)90-53-39-23-8-24-40-53)66(111-77(99)89-52-37-21-7-22-38-52)63(57(44-80)102-70)108-74(96)86-49-31-15-4-16-32-49)65(110-76(98)88-51-35-19-6-20-36-51)61(55)106-69-64(109-75(97)87-50-33-17-5-18-34-50)59(82)62(107-73(95)85-48-29-13-3-14-30-48)58(103-69)45-101-71(93)83-46-25-9-1-10-26-46/h1-40,54-67,69-70H,41-45,79-82H2,(H,83,93)(H,84,94)(H,85,95)(H,86,96)(H,87,97)(H,88,98)(H,89,99)(H,90,100)(H,91,92)/t54-,55+,56?,57-,58+,59-,60+,61-,62+,63-,64+,65-,66+,67-,69+,70-/m0/s1. The summed E-state index contributed by atoms with van der Waals surface area (Å²) in [6, 6.07) is 59.5. The van der Waals surface area contributed by atoms with E-state index in [0.29, 0.717) is 11.4 Å². The van der Waals surface area contributed by atoms with Crippen molar-refractivity contribution < 1.29 is 100.0 Å². The number of anilines is 8. The molecule has 2 heterocycles. The Hall–Kier alpha value is -12.9. The molecule has 0 bridgehead atoms. The summed E-state index contributed by atoms with van der Waals surface area (Å²) in [5.74, 6) is -1.04. The summed E-state index contributed by atoms with van der Waals surface area (Å²) in [7, 11) is 0. The molecule has 34 heteroatoms.